The zero-order valence-corrected chi connectivity index (χ0v) is 10.6. The number of nitrogens with one attached hydrogen (secondary N) is 1. The van der Waals surface area contributed by atoms with Gasteiger partial charge in [-0.25, -0.2) is 9.78 Å². The number of carbonyl (C=O) groups is 1. The van der Waals surface area contributed by atoms with Gasteiger partial charge in [-0.3, -0.25) is 0 Å². The summed E-state index contributed by atoms with van der Waals surface area (Å²) < 4.78 is 4.87. The summed E-state index contributed by atoms with van der Waals surface area (Å²) >= 11 is 1.62. The molecule has 0 unspecified atom stereocenters. The lowest BCUT2D eigenvalue weighted by Gasteiger charge is -2.10. The first-order valence-corrected chi connectivity index (χ1v) is 6.81. The van der Waals surface area contributed by atoms with Crippen LogP contribution in [0.3, 0.4) is 0 Å². The van der Waals surface area contributed by atoms with Gasteiger partial charge in [0.25, 0.3) is 0 Å². The number of hydrogen-bond acceptors (Lipinski definition) is 4. The molecule has 1 aliphatic heterocycles. The van der Waals surface area contributed by atoms with Crippen LogP contribution in [0.2, 0.25) is 0 Å². The zero-order valence-electron chi connectivity index (χ0n) is 9.76. The van der Waals surface area contributed by atoms with E-state index in [1.54, 1.807) is 16.7 Å². The van der Waals surface area contributed by atoms with E-state index in [2.05, 4.69) is 9.97 Å². The predicted molar refractivity (Wildman–Crippen MR) is 69.7 cm³/mol. The van der Waals surface area contributed by atoms with Gasteiger partial charge in [-0.1, -0.05) is 23.9 Å². The van der Waals surface area contributed by atoms with Crippen LogP contribution in [0.25, 0.3) is 11.0 Å². The summed E-state index contributed by atoms with van der Waals surface area (Å²) in [7, 11) is 0. The standard InChI is InChI=1S/C12H13N3O2S/c16-12-15(5-7-17-12)6-8-18-11-13-9-3-1-2-4-10(9)14-11/h1-4H,5-8H2,(H,13,14). The van der Waals surface area contributed by atoms with E-state index in [9.17, 15) is 4.79 Å². The molecule has 0 radical (unpaired) electrons. The lowest BCUT2D eigenvalue weighted by Crippen LogP contribution is -2.26. The molecule has 1 saturated heterocycles. The maximum absolute atomic E-state index is 11.2. The summed E-state index contributed by atoms with van der Waals surface area (Å²) in [5.41, 5.74) is 2.01. The highest BCUT2D eigenvalue weighted by Crippen LogP contribution is 2.19. The van der Waals surface area contributed by atoms with Crippen LogP contribution in [-0.4, -0.2) is 46.4 Å². The summed E-state index contributed by atoms with van der Waals surface area (Å²) in [6.07, 6.45) is -0.208. The van der Waals surface area contributed by atoms with Crippen molar-refractivity contribution >= 4 is 28.9 Å². The molecule has 0 bridgehead atoms. The summed E-state index contributed by atoms with van der Waals surface area (Å²) in [4.78, 5) is 20.7. The van der Waals surface area contributed by atoms with Crippen LogP contribution in [0, 0.1) is 0 Å². The number of aromatic amines is 1. The third-order valence-electron chi connectivity index (χ3n) is 2.81. The molecule has 18 heavy (non-hydrogen) atoms. The maximum atomic E-state index is 11.2. The van der Waals surface area contributed by atoms with E-state index in [4.69, 9.17) is 4.74 Å². The van der Waals surface area contributed by atoms with Crippen molar-refractivity contribution in [3.05, 3.63) is 24.3 Å². The van der Waals surface area contributed by atoms with Crippen LogP contribution in [0.4, 0.5) is 4.79 Å². The monoisotopic (exact) mass is 263 g/mol. The average molecular weight is 263 g/mol. The molecule has 1 aliphatic rings. The van der Waals surface area contributed by atoms with Gasteiger partial charge in [0.1, 0.15) is 6.61 Å². The van der Waals surface area contributed by atoms with E-state index in [1.807, 2.05) is 24.3 Å². The number of rotatable bonds is 4. The summed E-state index contributed by atoms with van der Waals surface area (Å²) in [6, 6.07) is 7.94. The van der Waals surface area contributed by atoms with Crippen molar-refractivity contribution < 1.29 is 9.53 Å². The van der Waals surface area contributed by atoms with Crippen molar-refractivity contribution in [1.29, 1.82) is 0 Å². The Morgan fingerprint density at radius 3 is 3.11 bits per heavy atom. The Morgan fingerprint density at radius 1 is 1.44 bits per heavy atom. The number of cyclic esters (lactones) is 1. The molecule has 6 heteroatoms. The molecule has 0 aliphatic carbocycles. The number of imidazole rings is 1. The number of para-hydroxylation sites is 2. The highest BCUT2D eigenvalue weighted by molar-refractivity contribution is 7.99. The van der Waals surface area contributed by atoms with Crippen molar-refractivity contribution in [3.63, 3.8) is 0 Å². The molecule has 3 rings (SSSR count). The Labute approximate surface area is 109 Å². The maximum Gasteiger partial charge on any atom is 0.409 e. The van der Waals surface area contributed by atoms with Gasteiger partial charge in [0.15, 0.2) is 5.16 Å². The largest absolute Gasteiger partial charge is 0.448 e. The highest BCUT2D eigenvalue weighted by Gasteiger charge is 2.21. The van der Waals surface area contributed by atoms with Crippen molar-refractivity contribution in [2.24, 2.45) is 0 Å². The molecule has 1 amide bonds. The van der Waals surface area contributed by atoms with Gasteiger partial charge in [-0.15, -0.1) is 0 Å². The van der Waals surface area contributed by atoms with Crippen molar-refractivity contribution in [2.75, 3.05) is 25.4 Å². The Morgan fingerprint density at radius 2 is 2.33 bits per heavy atom. The first kappa shape index (κ1) is 11.4. The number of hydrogen-bond donors (Lipinski definition) is 1. The van der Waals surface area contributed by atoms with Gasteiger partial charge in [0.2, 0.25) is 0 Å². The Hall–Kier alpha value is -1.69. The third kappa shape index (κ3) is 2.28. The van der Waals surface area contributed by atoms with Crippen LogP contribution in [0.15, 0.2) is 29.4 Å². The number of H-pyrrole nitrogens is 1. The fourth-order valence-electron chi connectivity index (χ4n) is 1.88. The van der Waals surface area contributed by atoms with Gasteiger partial charge in [0.05, 0.1) is 17.6 Å². The van der Waals surface area contributed by atoms with Gasteiger partial charge in [-0.05, 0) is 12.1 Å². The number of thioether (sulfide) groups is 1. The molecule has 5 nitrogen and oxygen atoms in total. The van der Waals surface area contributed by atoms with Gasteiger partial charge >= 0.3 is 6.09 Å². The molecule has 0 saturated carbocycles. The van der Waals surface area contributed by atoms with Gasteiger partial charge in [-0.2, -0.15) is 0 Å². The first-order chi connectivity index (χ1) is 8.83. The number of benzene rings is 1. The average Bonchev–Trinajstić information content (AvgIpc) is 2.96. The molecule has 2 aromatic rings. The molecular weight excluding hydrogens is 250 g/mol. The number of ether oxygens (including phenoxy) is 1. The first-order valence-electron chi connectivity index (χ1n) is 5.82. The van der Waals surface area contributed by atoms with Crippen molar-refractivity contribution in [1.82, 2.24) is 14.9 Å². The Balaban J connectivity index is 1.58. The van der Waals surface area contributed by atoms with E-state index in [0.717, 1.165) is 21.9 Å². The minimum atomic E-state index is -0.208. The van der Waals surface area contributed by atoms with E-state index in [1.165, 1.54) is 0 Å². The van der Waals surface area contributed by atoms with Crippen LogP contribution < -0.4 is 0 Å². The number of aromatic nitrogens is 2. The van der Waals surface area contributed by atoms with E-state index >= 15 is 0 Å². The molecule has 1 aromatic heterocycles. The number of fused-ring (bicyclic) bond motifs is 1. The number of nitrogens with zero attached hydrogens (tertiary/aromatic N) is 2. The quantitative estimate of drug-likeness (QED) is 0.858. The Bertz CT molecular complexity index is 536. The molecule has 2 heterocycles. The SMILES string of the molecule is O=C1OCCN1CCSc1nc2ccccc2[nH]1. The van der Waals surface area contributed by atoms with Crippen LogP contribution in [0.1, 0.15) is 0 Å². The lowest BCUT2D eigenvalue weighted by atomic mass is 10.3. The minimum absolute atomic E-state index is 0.208. The molecule has 0 atom stereocenters. The second-order valence-corrected chi connectivity index (χ2v) is 5.09. The van der Waals surface area contributed by atoms with E-state index < -0.39 is 0 Å². The van der Waals surface area contributed by atoms with Crippen molar-refractivity contribution in [3.8, 4) is 0 Å². The fraction of sp³-hybridized carbons (Fsp3) is 0.333. The topological polar surface area (TPSA) is 58.2 Å². The van der Waals surface area contributed by atoms with E-state index in [0.29, 0.717) is 19.7 Å². The number of amides is 1. The predicted octanol–water partition coefficient (Wildman–Crippen LogP) is 2.11. The van der Waals surface area contributed by atoms with Gasteiger partial charge < -0.3 is 14.6 Å². The zero-order chi connectivity index (χ0) is 12.4. The smallest absolute Gasteiger partial charge is 0.409 e. The molecular formula is C12H13N3O2S. The van der Waals surface area contributed by atoms with Crippen LogP contribution >= 0.6 is 11.8 Å². The second-order valence-electron chi connectivity index (χ2n) is 4.01. The minimum Gasteiger partial charge on any atom is -0.448 e. The normalized spacial score (nSPS) is 15.3. The van der Waals surface area contributed by atoms with Crippen LogP contribution in [0.5, 0.6) is 0 Å². The lowest BCUT2D eigenvalue weighted by molar-refractivity contribution is 0.160. The van der Waals surface area contributed by atoms with Gasteiger partial charge in [0, 0.05) is 12.3 Å². The summed E-state index contributed by atoms with van der Waals surface area (Å²) in [5.74, 6) is 0.814. The molecule has 1 fully saturated rings. The molecule has 1 aromatic carbocycles. The van der Waals surface area contributed by atoms with Crippen LogP contribution in [-0.2, 0) is 4.74 Å². The third-order valence-corrected chi connectivity index (χ3v) is 3.67. The van der Waals surface area contributed by atoms with Crippen molar-refractivity contribution in [2.45, 2.75) is 5.16 Å². The number of carbonyl (C=O) groups excluding carboxylic acids is 1. The fourth-order valence-corrected chi connectivity index (χ4v) is 2.73. The molecule has 0 spiro atoms. The molecule has 1 N–H and O–H groups in total. The summed E-state index contributed by atoms with van der Waals surface area (Å²) in [6.45, 7) is 1.90. The second kappa shape index (κ2) is 4.89. The summed E-state index contributed by atoms with van der Waals surface area (Å²) in [5, 5.41) is 0.892. The molecule has 94 valence electrons. The highest BCUT2D eigenvalue weighted by atomic mass is 32.2. The Kier molecular flexibility index (Phi) is 3.10. The van der Waals surface area contributed by atoms with E-state index in [-0.39, 0.29) is 6.09 Å².